The van der Waals surface area contributed by atoms with Gasteiger partial charge in [0.1, 0.15) is 23.3 Å². The first kappa shape index (κ1) is 29.3. The van der Waals surface area contributed by atoms with Crippen molar-refractivity contribution in [3.05, 3.63) is 56.4 Å². The van der Waals surface area contributed by atoms with Gasteiger partial charge >= 0.3 is 0 Å². The molecule has 44 heavy (non-hydrogen) atoms. The van der Waals surface area contributed by atoms with Gasteiger partial charge in [-0.25, -0.2) is 19.0 Å². The number of aromatic amines is 2. The van der Waals surface area contributed by atoms with E-state index in [9.17, 15) is 9.59 Å². The van der Waals surface area contributed by atoms with Crippen LogP contribution >= 0.6 is 0 Å². The molecule has 8 heterocycles. The Hall–Kier alpha value is -3.46. The molecular weight excluding hydrogens is 564 g/mol. The second-order valence-electron chi connectivity index (χ2n) is 12.8. The van der Waals surface area contributed by atoms with Gasteiger partial charge in [0.2, 0.25) is 0 Å². The molecule has 0 unspecified atom stereocenters. The number of hydrogen-bond donors (Lipinski definition) is 4. The monoisotopic (exact) mass is 606 g/mol. The Kier molecular flexibility index (Phi) is 8.31. The fraction of sp³-hybridized carbons (Fsp3) is 0.667. The Morgan fingerprint density at radius 2 is 1.07 bits per heavy atom. The third-order valence-corrected chi connectivity index (χ3v) is 9.80. The minimum Gasteiger partial charge on any atom is -0.381 e. The summed E-state index contributed by atoms with van der Waals surface area (Å²) in [6.45, 7) is 11.0. The van der Waals surface area contributed by atoms with E-state index in [1.165, 1.54) is 0 Å². The maximum absolute atomic E-state index is 12.4. The Bertz CT molecular complexity index is 1590. The average molecular weight is 607 g/mol. The smallest absolute Gasteiger partial charge is 0.276 e. The minimum absolute atomic E-state index is 0.102. The lowest BCUT2D eigenvalue weighted by molar-refractivity contribution is 0.0831. The molecule has 0 saturated carbocycles. The minimum atomic E-state index is -0.102. The Balaban J connectivity index is 0.000000142. The maximum Gasteiger partial charge on any atom is 0.276 e. The zero-order valence-corrected chi connectivity index (χ0v) is 25.4. The largest absolute Gasteiger partial charge is 0.381 e. The maximum atomic E-state index is 12.4. The Morgan fingerprint density at radius 1 is 0.659 bits per heavy atom. The molecule has 236 valence electrons. The highest BCUT2D eigenvalue weighted by atomic mass is 16.5. The molecule has 4 aromatic heterocycles. The molecule has 4 saturated heterocycles. The molecule has 0 aromatic carbocycles. The van der Waals surface area contributed by atoms with E-state index in [1.807, 2.05) is 0 Å². The molecule has 8 rings (SSSR count). The van der Waals surface area contributed by atoms with Crippen LogP contribution in [0, 0.1) is 11.8 Å². The number of nitrogens with zero attached hydrogens (tertiary/aromatic N) is 6. The lowest BCUT2D eigenvalue weighted by Gasteiger charge is -2.21. The van der Waals surface area contributed by atoms with Gasteiger partial charge in [0.25, 0.3) is 11.1 Å². The molecule has 0 radical (unpaired) electrons. The van der Waals surface area contributed by atoms with Gasteiger partial charge in [-0.1, -0.05) is 13.8 Å². The molecule has 0 amide bonds. The van der Waals surface area contributed by atoms with Crippen molar-refractivity contribution in [1.29, 1.82) is 0 Å². The number of aromatic nitrogens is 8. The molecule has 14 heteroatoms. The van der Waals surface area contributed by atoms with Crippen LogP contribution < -0.4 is 21.8 Å². The van der Waals surface area contributed by atoms with Gasteiger partial charge in [0, 0.05) is 63.2 Å². The van der Waals surface area contributed by atoms with Crippen LogP contribution in [-0.4, -0.2) is 91.8 Å². The predicted octanol–water partition coefficient (Wildman–Crippen LogP) is 1.27. The van der Waals surface area contributed by atoms with Gasteiger partial charge in [-0.2, -0.15) is 10.2 Å². The van der Waals surface area contributed by atoms with Gasteiger partial charge in [0.05, 0.1) is 12.4 Å². The molecule has 14 nitrogen and oxygen atoms in total. The van der Waals surface area contributed by atoms with Crippen molar-refractivity contribution in [2.24, 2.45) is 11.8 Å². The molecule has 0 aliphatic carbocycles. The van der Waals surface area contributed by atoms with Crippen LogP contribution in [0.1, 0.15) is 86.5 Å². The second-order valence-corrected chi connectivity index (χ2v) is 12.8. The van der Waals surface area contributed by atoms with E-state index in [1.54, 1.807) is 21.4 Å². The number of rotatable bonds is 4. The molecule has 4 fully saturated rings. The van der Waals surface area contributed by atoms with E-state index in [4.69, 9.17) is 19.7 Å². The summed E-state index contributed by atoms with van der Waals surface area (Å²) in [5.41, 5.74) is 0.859. The third kappa shape index (κ3) is 5.59. The molecule has 0 bridgehead atoms. The second kappa shape index (κ2) is 12.5. The van der Waals surface area contributed by atoms with Crippen molar-refractivity contribution in [3.8, 4) is 0 Å². The molecule has 4 aromatic rings. The van der Waals surface area contributed by atoms with E-state index < -0.39 is 0 Å². The molecule has 4 aliphatic rings. The SMILES string of the molecule is C[C@@H]1CNC[C@H]1c1nn2c(C3CCOCC3)ncc2c(=O)[nH]1.C[C@H]1CNC[C@@H]1c1nn2c(C3CCOCC3)ncc2c(=O)[nH]1. The number of fused-ring (bicyclic) bond motifs is 2. The molecular formula is C30H42N10O4. The van der Waals surface area contributed by atoms with Crippen LogP contribution in [0.4, 0.5) is 0 Å². The quantitative estimate of drug-likeness (QED) is 0.265. The van der Waals surface area contributed by atoms with Crippen LogP contribution in [0.2, 0.25) is 0 Å². The summed E-state index contributed by atoms with van der Waals surface area (Å²) in [5, 5.41) is 16.2. The summed E-state index contributed by atoms with van der Waals surface area (Å²) < 4.78 is 14.4. The summed E-state index contributed by atoms with van der Waals surface area (Å²) in [5.74, 6) is 5.39. The van der Waals surface area contributed by atoms with Crippen LogP contribution in [0.15, 0.2) is 22.0 Å². The first-order valence-electron chi connectivity index (χ1n) is 16.0. The van der Waals surface area contributed by atoms with Crippen LogP contribution in [-0.2, 0) is 9.47 Å². The fourth-order valence-corrected chi connectivity index (χ4v) is 7.02. The summed E-state index contributed by atoms with van der Waals surface area (Å²) in [6.07, 6.45) is 7.01. The Labute approximate surface area is 254 Å². The van der Waals surface area contributed by atoms with Crippen molar-refractivity contribution in [1.82, 2.24) is 49.8 Å². The van der Waals surface area contributed by atoms with Gasteiger partial charge in [-0.05, 0) is 50.6 Å². The van der Waals surface area contributed by atoms with Crippen molar-refractivity contribution in [2.75, 3.05) is 52.6 Å². The van der Waals surface area contributed by atoms with Gasteiger partial charge < -0.3 is 30.1 Å². The number of H-pyrrole nitrogens is 2. The highest BCUT2D eigenvalue weighted by Gasteiger charge is 2.30. The lowest BCUT2D eigenvalue weighted by Crippen LogP contribution is -2.23. The van der Waals surface area contributed by atoms with E-state index in [0.717, 1.165) is 102 Å². The summed E-state index contributed by atoms with van der Waals surface area (Å²) >= 11 is 0. The van der Waals surface area contributed by atoms with Crippen molar-refractivity contribution < 1.29 is 9.47 Å². The lowest BCUT2D eigenvalue weighted by atomic mass is 9.97. The van der Waals surface area contributed by atoms with E-state index in [2.05, 4.69) is 44.4 Å². The third-order valence-electron chi connectivity index (χ3n) is 9.80. The normalized spacial score (nSPS) is 26.8. The highest BCUT2D eigenvalue weighted by Crippen LogP contribution is 2.29. The van der Waals surface area contributed by atoms with Gasteiger partial charge in [0.15, 0.2) is 11.0 Å². The number of nitrogens with one attached hydrogen (secondary N) is 4. The molecule has 4 N–H and O–H groups in total. The Morgan fingerprint density at radius 3 is 1.43 bits per heavy atom. The summed E-state index contributed by atoms with van der Waals surface area (Å²) in [6, 6.07) is 0. The molecule has 4 atom stereocenters. The van der Waals surface area contributed by atoms with E-state index in [-0.39, 0.29) is 23.0 Å². The predicted molar refractivity (Wildman–Crippen MR) is 162 cm³/mol. The van der Waals surface area contributed by atoms with E-state index in [0.29, 0.717) is 34.7 Å². The number of ether oxygens (including phenoxy) is 2. The van der Waals surface area contributed by atoms with Crippen LogP contribution in [0.5, 0.6) is 0 Å². The zero-order chi connectivity index (χ0) is 30.2. The van der Waals surface area contributed by atoms with Crippen molar-refractivity contribution >= 4 is 11.0 Å². The van der Waals surface area contributed by atoms with E-state index >= 15 is 0 Å². The summed E-state index contributed by atoms with van der Waals surface area (Å²) in [7, 11) is 0. The fourth-order valence-electron chi connectivity index (χ4n) is 7.02. The first-order valence-corrected chi connectivity index (χ1v) is 16.0. The number of imidazole rings is 2. The highest BCUT2D eigenvalue weighted by molar-refractivity contribution is 5.43. The summed E-state index contributed by atoms with van der Waals surface area (Å²) in [4.78, 5) is 39.6. The average Bonchev–Trinajstić information content (AvgIpc) is 3.85. The van der Waals surface area contributed by atoms with Crippen LogP contribution in [0.25, 0.3) is 11.0 Å². The first-order chi connectivity index (χ1) is 21.5. The molecule has 0 spiro atoms. The topological polar surface area (TPSA) is 169 Å². The zero-order valence-electron chi connectivity index (χ0n) is 25.4. The van der Waals surface area contributed by atoms with Crippen molar-refractivity contribution in [2.45, 2.75) is 63.2 Å². The molecule has 4 aliphatic heterocycles. The number of hydrogen-bond acceptors (Lipinski definition) is 10. The van der Waals surface area contributed by atoms with Crippen LogP contribution in [0.3, 0.4) is 0 Å². The van der Waals surface area contributed by atoms with Gasteiger partial charge in [-0.15, -0.1) is 0 Å². The standard InChI is InChI=1S/2C15H21N5O2/c2*1-9-6-16-7-11(9)13-18-15(21)12-8-17-14(20(12)19-13)10-2-4-22-5-3-10/h2*8-11,16H,2-7H2,1H3,(H,18,19,21)/t2*9-,11-/m10/s1. The van der Waals surface area contributed by atoms with Crippen molar-refractivity contribution in [3.63, 3.8) is 0 Å². The van der Waals surface area contributed by atoms with Gasteiger partial charge in [-0.3, -0.25) is 9.59 Å².